The Labute approximate surface area is 109 Å². The molecule has 0 saturated carbocycles. The first-order valence-electron chi connectivity index (χ1n) is 5.97. The highest BCUT2D eigenvalue weighted by Crippen LogP contribution is 2.36. The van der Waals surface area contributed by atoms with Gasteiger partial charge in [0.15, 0.2) is 0 Å². The second kappa shape index (κ2) is 4.53. The first-order chi connectivity index (χ1) is 8.88. The van der Waals surface area contributed by atoms with Crippen molar-refractivity contribution in [1.82, 2.24) is 0 Å². The predicted octanol–water partition coefficient (Wildman–Crippen LogP) is 1.37. The molecular formula is C13H15FN2O3. The molecule has 0 spiro atoms. The zero-order chi connectivity index (χ0) is 14.2. The molecule has 1 unspecified atom stereocenters. The van der Waals surface area contributed by atoms with E-state index in [9.17, 15) is 19.1 Å². The van der Waals surface area contributed by atoms with Crippen LogP contribution in [-0.2, 0) is 4.79 Å². The van der Waals surface area contributed by atoms with Crippen molar-refractivity contribution in [2.45, 2.75) is 25.3 Å². The number of carbonyl (C=O) groups excluding carboxylic acids is 1. The van der Waals surface area contributed by atoms with Crippen LogP contribution in [0.25, 0.3) is 0 Å². The first kappa shape index (κ1) is 13.3. The molecule has 1 fully saturated rings. The Morgan fingerprint density at radius 2 is 2.16 bits per heavy atom. The van der Waals surface area contributed by atoms with Gasteiger partial charge in [-0.1, -0.05) is 6.07 Å². The summed E-state index contributed by atoms with van der Waals surface area (Å²) in [6, 6.07) is 4.10. The van der Waals surface area contributed by atoms with E-state index in [1.165, 1.54) is 12.1 Å². The second-order valence-electron chi connectivity index (χ2n) is 4.83. The Morgan fingerprint density at radius 1 is 1.47 bits per heavy atom. The highest BCUT2D eigenvalue weighted by Gasteiger charge is 2.44. The maximum absolute atomic E-state index is 13.7. The van der Waals surface area contributed by atoms with E-state index in [1.807, 2.05) is 0 Å². The maximum atomic E-state index is 13.7. The number of halogens is 1. The summed E-state index contributed by atoms with van der Waals surface area (Å²) < 4.78 is 13.7. The summed E-state index contributed by atoms with van der Waals surface area (Å²) in [7, 11) is 0. The van der Waals surface area contributed by atoms with Crippen LogP contribution in [0.3, 0.4) is 0 Å². The van der Waals surface area contributed by atoms with Gasteiger partial charge in [-0.15, -0.1) is 0 Å². The van der Waals surface area contributed by atoms with Gasteiger partial charge >= 0.3 is 5.97 Å². The number of nitrogens with zero attached hydrogens (tertiary/aromatic N) is 1. The Morgan fingerprint density at radius 3 is 2.74 bits per heavy atom. The van der Waals surface area contributed by atoms with Gasteiger partial charge in [0.2, 0.25) is 0 Å². The van der Waals surface area contributed by atoms with Crippen molar-refractivity contribution >= 4 is 17.6 Å². The summed E-state index contributed by atoms with van der Waals surface area (Å²) in [6.07, 6.45) is 1.11. The minimum absolute atomic E-state index is 0.245. The number of hydrogen-bond acceptors (Lipinski definition) is 3. The normalized spacial score (nSPS) is 22.5. The molecule has 19 heavy (non-hydrogen) atoms. The molecule has 2 rings (SSSR count). The summed E-state index contributed by atoms with van der Waals surface area (Å²) in [5.41, 5.74) is 4.05. The molecule has 1 amide bonds. The Kier molecular flexibility index (Phi) is 3.18. The summed E-state index contributed by atoms with van der Waals surface area (Å²) in [5.74, 6) is -2.62. The van der Waals surface area contributed by atoms with Crippen molar-refractivity contribution < 1.29 is 19.1 Å². The quantitative estimate of drug-likeness (QED) is 0.865. The van der Waals surface area contributed by atoms with Crippen molar-refractivity contribution in [3.63, 3.8) is 0 Å². The number of hydrogen-bond donors (Lipinski definition) is 2. The van der Waals surface area contributed by atoms with Crippen LogP contribution in [-0.4, -0.2) is 29.1 Å². The second-order valence-corrected chi connectivity index (χ2v) is 4.83. The van der Waals surface area contributed by atoms with E-state index in [1.54, 1.807) is 11.8 Å². The van der Waals surface area contributed by atoms with E-state index in [4.69, 9.17) is 5.73 Å². The number of primary amides is 1. The summed E-state index contributed by atoms with van der Waals surface area (Å²) in [6.45, 7) is 2.02. The van der Waals surface area contributed by atoms with E-state index in [2.05, 4.69) is 0 Å². The lowest BCUT2D eigenvalue weighted by molar-refractivity contribution is -0.142. The number of rotatable bonds is 3. The van der Waals surface area contributed by atoms with Crippen molar-refractivity contribution in [1.29, 1.82) is 0 Å². The van der Waals surface area contributed by atoms with Crippen LogP contribution in [0.15, 0.2) is 18.2 Å². The zero-order valence-corrected chi connectivity index (χ0v) is 10.5. The lowest BCUT2D eigenvalue weighted by Crippen LogP contribution is -2.48. The molecule has 1 atom stereocenters. The number of aliphatic carboxylic acids is 1. The fourth-order valence-electron chi connectivity index (χ4n) is 2.55. The topological polar surface area (TPSA) is 83.6 Å². The van der Waals surface area contributed by atoms with Gasteiger partial charge in [-0.2, -0.15) is 0 Å². The van der Waals surface area contributed by atoms with Crippen LogP contribution in [0.2, 0.25) is 0 Å². The molecule has 1 aromatic rings. The van der Waals surface area contributed by atoms with Gasteiger partial charge in [-0.3, -0.25) is 4.79 Å². The Balaban J connectivity index is 2.56. The summed E-state index contributed by atoms with van der Waals surface area (Å²) in [4.78, 5) is 24.4. The predicted molar refractivity (Wildman–Crippen MR) is 67.5 cm³/mol. The molecule has 5 nitrogen and oxygen atoms in total. The van der Waals surface area contributed by atoms with Crippen LogP contribution < -0.4 is 10.6 Å². The lowest BCUT2D eigenvalue weighted by atomic mass is 9.97. The fourth-order valence-corrected chi connectivity index (χ4v) is 2.55. The molecular weight excluding hydrogens is 251 g/mol. The molecule has 102 valence electrons. The molecule has 1 aromatic carbocycles. The number of benzene rings is 1. The number of amides is 1. The van der Waals surface area contributed by atoms with E-state index in [-0.39, 0.29) is 11.3 Å². The molecule has 0 bridgehead atoms. The number of carbonyl (C=O) groups is 2. The number of carboxylic acids is 1. The summed E-state index contributed by atoms with van der Waals surface area (Å²) >= 11 is 0. The van der Waals surface area contributed by atoms with Crippen molar-refractivity contribution in [3.8, 4) is 0 Å². The molecule has 0 aromatic heterocycles. The van der Waals surface area contributed by atoms with E-state index in [0.29, 0.717) is 19.4 Å². The third-order valence-corrected chi connectivity index (χ3v) is 3.63. The van der Waals surface area contributed by atoms with Gasteiger partial charge in [-0.05, 0) is 31.9 Å². The van der Waals surface area contributed by atoms with Crippen LogP contribution in [0.1, 0.15) is 30.1 Å². The van der Waals surface area contributed by atoms with Crippen molar-refractivity contribution in [3.05, 3.63) is 29.6 Å². The molecule has 1 saturated heterocycles. The number of carboxylic acid groups (broad SMARTS) is 1. The molecule has 0 radical (unpaired) electrons. The van der Waals surface area contributed by atoms with Crippen molar-refractivity contribution in [2.24, 2.45) is 5.73 Å². The minimum Gasteiger partial charge on any atom is -0.480 e. The summed E-state index contributed by atoms with van der Waals surface area (Å²) in [5, 5.41) is 9.35. The van der Waals surface area contributed by atoms with Gasteiger partial charge in [-0.25, -0.2) is 9.18 Å². The van der Waals surface area contributed by atoms with Gasteiger partial charge < -0.3 is 15.7 Å². The standard InChI is InChI=1S/C13H15FN2O3/c1-13(12(18)19)6-3-7-16(13)9-5-2-4-8(14)10(9)11(15)17/h2,4-5H,3,6-7H2,1H3,(H2,15,17)(H,18,19). The first-order valence-corrected chi connectivity index (χ1v) is 5.97. The van der Waals surface area contributed by atoms with Gasteiger partial charge in [0.05, 0.1) is 11.3 Å². The largest absolute Gasteiger partial charge is 0.480 e. The third kappa shape index (κ3) is 2.03. The lowest BCUT2D eigenvalue weighted by Gasteiger charge is -2.34. The average Bonchev–Trinajstić information content (AvgIpc) is 2.71. The Bertz CT molecular complexity index is 547. The maximum Gasteiger partial charge on any atom is 0.329 e. The fraction of sp³-hybridized carbons (Fsp3) is 0.385. The third-order valence-electron chi connectivity index (χ3n) is 3.63. The molecule has 0 aliphatic carbocycles. The highest BCUT2D eigenvalue weighted by atomic mass is 19.1. The molecule has 6 heteroatoms. The van der Waals surface area contributed by atoms with Gasteiger partial charge in [0, 0.05) is 6.54 Å². The van der Waals surface area contributed by atoms with Gasteiger partial charge in [0.25, 0.3) is 5.91 Å². The molecule has 3 N–H and O–H groups in total. The SMILES string of the molecule is CC1(C(=O)O)CCCN1c1cccc(F)c1C(N)=O. The van der Waals surface area contributed by atoms with Crippen LogP contribution in [0, 0.1) is 5.82 Å². The molecule has 1 aliphatic heterocycles. The van der Waals surface area contributed by atoms with Crippen LogP contribution in [0.4, 0.5) is 10.1 Å². The van der Waals surface area contributed by atoms with Crippen LogP contribution in [0.5, 0.6) is 0 Å². The zero-order valence-electron chi connectivity index (χ0n) is 10.5. The van der Waals surface area contributed by atoms with E-state index < -0.39 is 23.2 Å². The molecule has 1 aliphatic rings. The molecule has 1 heterocycles. The van der Waals surface area contributed by atoms with E-state index in [0.717, 1.165) is 6.07 Å². The minimum atomic E-state index is -1.14. The smallest absolute Gasteiger partial charge is 0.329 e. The average molecular weight is 266 g/mol. The van der Waals surface area contributed by atoms with E-state index >= 15 is 0 Å². The van der Waals surface area contributed by atoms with Crippen LogP contribution >= 0.6 is 0 Å². The van der Waals surface area contributed by atoms with Gasteiger partial charge in [0.1, 0.15) is 11.4 Å². The van der Waals surface area contributed by atoms with Crippen molar-refractivity contribution in [2.75, 3.05) is 11.4 Å². The Hall–Kier alpha value is -2.11. The highest BCUT2D eigenvalue weighted by molar-refractivity contribution is 6.00. The monoisotopic (exact) mass is 266 g/mol. The number of nitrogens with two attached hydrogens (primary N) is 1. The number of anilines is 1.